The highest BCUT2D eigenvalue weighted by atomic mass is 32.2. The zero-order valence-corrected chi connectivity index (χ0v) is 17.0. The Balaban J connectivity index is 1.70. The molecule has 2 aromatic carbocycles. The molecule has 8 heteroatoms. The molecular formula is C21H23N3O4S. The molecule has 1 aliphatic rings. The Kier molecular flexibility index (Phi) is 6.52. The van der Waals surface area contributed by atoms with E-state index in [9.17, 15) is 13.2 Å². The summed E-state index contributed by atoms with van der Waals surface area (Å²) in [6.45, 7) is 2.87. The van der Waals surface area contributed by atoms with Crippen LogP contribution in [0.15, 0.2) is 53.4 Å². The second-order valence-electron chi connectivity index (χ2n) is 6.79. The van der Waals surface area contributed by atoms with Gasteiger partial charge in [-0.1, -0.05) is 6.07 Å². The van der Waals surface area contributed by atoms with E-state index in [4.69, 9.17) is 10.00 Å². The molecule has 0 bridgehead atoms. The molecule has 1 saturated heterocycles. The van der Waals surface area contributed by atoms with Crippen molar-refractivity contribution in [1.82, 2.24) is 4.31 Å². The van der Waals surface area contributed by atoms with Crippen molar-refractivity contribution in [3.05, 3.63) is 54.1 Å². The van der Waals surface area contributed by atoms with Crippen LogP contribution in [0, 0.1) is 17.2 Å². The SMILES string of the molecule is CCOc1ccc(S(=O)(=O)N2CCC[C@H](C(=O)Nc3cccc(C#N)c3)C2)cc1. The smallest absolute Gasteiger partial charge is 0.243 e. The summed E-state index contributed by atoms with van der Waals surface area (Å²) in [5.41, 5.74) is 0.978. The summed E-state index contributed by atoms with van der Waals surface area (Å²) in [6.07, 6.45) is 1.21. The first-order valence-corrected chi connectivity index (χ1v) is 10.9. The summed E-state index contributed by atoms with van der Waals surface area (Å²) in [6, 6.07) is 15.0. The van der Waals surface area contributed by atoms with Gasteiger partial charge in [-0.25, -0.2) is 8.42 Å². The van der Waals surface area contributed by atoms with Crippen LogP contribution in [0.3, 0.4) is 0 Å². The zero-order valence-electron chi connectivity index (χ0n) is 16.2. The first-order valence-electron chi connectivity index (χ1n) is 9.48. The van der Waals surface area contributed by atoms with Gasteiger partial charge in [-0.3, -0.25) is 4.79 Å². The van der Waals surface area contributed by atoms with Crippen molar-refractivity contribution >= 4 is 21.6 Å². The van der Waals surface area contributed by atoms with Crippen LogP contribution < -0.4 is 10.1 Å². The van der Waals surface area contributed by atoms with Gasteiger partial charge < -0.3 is 10.1 Å². The third-order valence-corrected chi connectivity index (χ3v) is 6.67. The number of amides is 1. The van der Waals surface area contributed by atoms with Crippen LogP contribution >= 0.6 is 0 Å². The summed E-state index contributed by atoms with van der Waals surface area (Å²) >= 11 is 0. The lowest BCUT2D eigenvalue weighted by atomic mass is 9.98. The Labute approximate surface area is 171 Å². The highest BCUT2D eigenvalue weighted by Gasteiger charge is 2.33. The number of piperidine rings is 1. The van der Waals surface area contributed by atoms with Crippen LogP contribution in [0.1, 0.15) is 25.3 Å². The Hall–Kier alpha value is -2.89. The molecule has 7 nitrogen and oxygen atoms in total. The van der Waals surface area contributed by atoms with Crippen LogP contribution in [0.2, 0.25) is 0 Å². The molecule has 0 unspecified atom stereocenters. The molecule has 2 aromatic rings. The second-order valence-corrected chi connectivity index (χ2v) is 8.73. The number of hydrogen-bond donors (Lipinski definition) is 1. The van der Waals surface area contributed by atoms with Gasteiger partial charge in [0, 0.05) is 18.8 Å². The summed E-state index contributed by atoms with van der Waals surface area (Å²) < 4.78 is 32.7. The van der Waals surface area contributed by atoms with Gasteiger partial charge in [0.05, 0.1) is 29.1 Å². The Bertz CT molecular complexity index is 1010. The quantitative estimate of drug-likeness (QED) is 0.785. The predicted octanol–water partition coefficient (Wildman–Crippen LogP) is 3.00. The number of ether oxygens (including phenoxy) is 1. The first-order chi connectivity index (χ1) is 13.9. The fraction of sp³-hybridized carbons (Fsp3) is 0.333. The summed E-state index contributed by atoms with van der Waals surface area (Å²) in [4.78, 5) is 12.8. The van der Waals surface area contributed by atoms with Crippen LogP contribution in [0.25, 0.3) is 0 Å². The number of nitrogens with zero attached hydrogens (tertiary/aromatic N) is 2. The summed E-state index contributed by atoms with van der Waals surface area (Å²) in [5.74, 6) is -0.0828. The average Bonchev–Trinajstić information content (AvgIpc) is 2.74. The zero-order chi connectivity index (χ0) is 20.9. The molecule has 1 atom stereocenters. The molecule has 1 fully saturated rings. The first kappa shape index (κ1) is 20.8. The van der Waals surface area contributed by atoms with Crippen molar-refractivity contribution < 1.29 is 17.9 Å². The average molecular weight is 413 g/mol. The van der Waals surface area contributed by atoms with E-state index in [2.05, 4.69) is 5.32 Å². The number of nitrogens with one attached hydrogen (secondary N) is 1. The third-order valence-electron chi connectivity index (χ3n) is 4.79. The van der Waals surface area contributed by atoms with E-state index in [1.165, 1.54) is 16.4 Å². The third kappa shape index (κ3) is 4.94. The van der Waals surface area contributed by atoms with Gasteiger partial charge in [-0.05, 0) is 62.2 Å². The van der Waals surface area contributed by atoms with E-state index in [1.807, 2.05) is 13.0 Å². The minimum Gasteiger partial charge on any atom is -0.494 e. The molecular weight excluding hydrogens is 390 g/mol. The van der Waals surface area contributed by atoms with E-state index in [0.717, 1.165) is 0 Å². The van der Waals surface area contributed by atoms with Crippen LogP contribution in [-0.2, 0) is 14.8 Å². The maximum Gasteiger partial charge on any atom is 0.243 e. The molecule has 1 aliphatic heterocycles. The van der Waals surface area contributed by atoms with Crippen molar-refractivity contribution in [2.45, 2.75) is 24.7 Å². The lowest BCUT2D eigenvalue weighted by molar-refractivity contribution is -0.120. The number of benzene rings is 2. The minimum atomic E-state index is -3.69. The Morgan fingerprint density at radius 3 is 2.72 bits per heavy atom. The fourth-order valence-electron chi connectivity index (χ4n) is 3.31. The number of carbonyl (C=O) groups is 1. The van der Waals surface area contributed by atoms with Crippen LogP contribution in [0.4, 0.5) is 5.69 Å². The van der Waals surface area contributed by atoms with Gasteiger partial charge in [-0.15, -0.1) is 0 Å². The number of rotatable bonds is 6. The molecule has 0 aromatic heterocycles. The monoisotopic (exact) mass is 413 g/mol. The lowest BCUT2D eigenvalue weighted by Crippen LogP contribution is -2.43. The minimum absolute atomic E-state index is 0.124. The number of nitriles is 1. The highest BCUT2D eigenvalue weighted by Crippen LogP contribution is 2.26. The van der Waals surface area contributed by atoms with Crippen molar-refractivity contribution in [2.24, 2.45) is 5.92 Å². The molecule has 1 heterocycles. The lowest BCUT2D eigenvalue weighted by Gasteiger charge is -2.31. The maximum atomic E-state index is 13.0. The van der Waals surface area contributed by atoms with Gasteiger partial charge in [-0.2, -0.15) is 9.57 Å². The van der Waals surface area contributed by atoms with E-state index in [-0.39, 0.29) is 17.3 Å². The molecule has 1 amide bonds. The number of carbonyl (C=O) groups excluding carboxylic acids is 1. The Morgan fingerprint density at radius 2 is 2.03 bits per heavy atom. The van der Waals surface area contributed by atoms with E-state index >= 15 is 0 Å². The number of sulfonamides is 1. The number of anilines is 1. The summed E-state index contributed by atoms with van der Waals surface area (Å²) in [7, 11) is -3.69. The largest absolute Gasteiger partial charge is 0.494 e. The van der Waals surface area contributed by atoms with Crippen molar-refractivity contribution in [3.63, 3.8) is 0 Å². The molecule has 29 heavy (non-hydrogen) atoms. The standard InChI is InChI=1S/C21H23N3O4S/c1-2-28-19-8-10-20(11-9-19)29(26,27)24-12-4-6-17(15-24)21(25)23-18-7-3-5-16(13-18)14-22/h3,5,7-11,13,17H,2,4,6,12,15H2,1H3,(H,23,25)/t17-/m0/s1. The van der Waals surface area contributed by atoms with Crippen LogP contribution in [-0.4, -0.2) is 38.3 Å². The molecule has 1 N–H and O–H groups in total. The maximum absolute atomic E-state index is 13.0. The predicted molar refractivity (Wildman–Crippen MR) is 109 cm³/mol. The van der Waals surface area contributed by atoms with Gasteiger partial charge in [0.15, 0.2) is 0 Å². The number of hydrogen-bond acceptors (Lipinski definition) is 5. The van der Waals surface area contributed by atoms with Crippen molar-refractivity contribution in [2.75, 3.05) is 25.0 Å². The van der Waals surface area contributed by atoms with E-state index in [1.54, 1.807) is 36.4 Å². The molecule has 0 radical (unpaired) electrons. The normalized spacial score (nSPS) is 17.3. The second kappa shape index (κ2) is 9.07. The van der Waals surface area contributed by atoms with Crippen molar-refractivity contribution in [3.8, 4) is 11.8 Å². The molecule has 0 saturated carbocycles. The van der Waals surface area contributed by atoms with Gasteiger partial charge >= 0.3 is 0 Å². The molecule has 3 rings (SSSR count). The van der Waals surface area contributed by atoms with Crippen LogP contribution in [0.5, 0.6) is 5.75 Å². The Morgan fingerprint density at radius 1 is 1.28 bits per heavy atom. The van der Waals surface area contributed by atoms with Gasteiger partial charge in [0.1, 0.15) is 5.75 Å². The molecule has 0 spiro atoms. The highest BCUT2D eigenvalue weighted by molar-refractivity contribution is 7.89. The summed E-state index contributed by atoms with van der Waals surface area (Å²) in [5, 5.41) is 11.8. The molecule has 152 valence electrons. The van der Waals surface area contributed by atoms with Gasteiger partial charge in [0.25, 0.3) is 0 Å². The van der Waals surface area contributed by atoms with E-state index < -0.39 is 15.9 Å². The molecule has 0 aliphatic carbocycles. The van der Waals surface area contributed by atoms with Crippen molar-refractivity contribution in [1.29, 1.82) is 5.26 Å². The van der Waals surface area contributed by atoms with E-state index in [0.29, 0.717) is 43.0 Å². The fourth-order valence-corrected chi connectivity index (χ4v) is 4.83. The topological polar surface area (TPSA) is 99.5 Å². The van der Waals surface area contributed by atoms with Gasteiger partial charge in [0.2, 0.25) is 15.9 Å².